The number of aryl methyl sites for hydroxylation is 1. The van der Waals surface area contributed by atoms with Gasteiger partial charge in [-0.2, -0.15) is 0 Å². The summed E-state index contributed by atoms with van der Waals surface area (Å²) < 4.78 is 13.8. The highest BCUT2D eigenvalue weighted by Crippen LogP contribution is 2.39. The molecule has 0 atom stereocenters. The molecule has 5 heterocycles. The van der Waals surface area contributed by atoms with E-state index in [1.54, 1.807) is 7.11 Å². The van der Waals surface area contributed by atoms with Gasteiger partial charge >= 0.3 is 0 Å². The summed E-state index contributed by atoms with van der Waals surface area (Å²) in [6.45, 7) is 2.76. The van der Waals surface area contributed by atoms with Gasteiger partial charge in [0.25, 0.3) is 5.91 Å². The average molecular weight is 575 g/mol. The lowest BCUT2D eigenvalue weighted by atomic mass is 9.83. The molecule has 0 radical (unpaired) electrons. The molecule has 1 saturated heterocycles. The number of hydrogen-bond acceptors (Lipinski definition) is 7. The van der Waals surface area contributed by atoms with Crippen LogP contribution in [-0.4, -0.2) is 66.1 Å². The van der Waals surface area contributed by atoms with Crippen molar-refractivity contribution in [3.8, 4) is 11.3 Å². The number of ether oxygens (including phenoxy) is 2. The van der Waals surface area contributed by atoms with Gasteiger partial charge in [-0.25, -0.2) is 9.97 Å². The maximum Gasteiger partial charge on any atom is 0.254 e. The number of imidazole rings is 1. The minimum atomic E-state index is -0.405. The van der Waals surface area contributed by atoms with Crippen LogP contribution in [0.5, 0.6) is 0 Å². The fourth-order valence-corrected chi connectivity index (χ4v) is 6.19. The Morgan fingerprint density at radius 2 is 2.00 bits per heavy atom. The molecule has 10 heteroatoms. The van der Waals surface area contributed by atoms with Crippen LogP contribution in [0.3, 0.4) is 0 Å². The van der Waals surface area contributed by atoms with Gasteiger partial charge in [0.15, 0.2) is 0 Å². The van der Waals surface area contributed by atoms with E-state index in [2.05, 4.69) is 40.7 Å². The summed E-state index contributed by atoms with van der Waals surface area (Å²) in [4.78, 5) is 24.6. The third-order valence-corrected chi connectivity index (χ3v) is 8.44. The lowest BCUT2D eigenvalue weighted by molar-refractivity contribution is -0.0954. The number of anilines is 2. The molecular weight excluding hydrogens is 540 g/mol. The standard InChI is InChI=1S/C31H35ClN6O3/c1-37(2)11-4-5-20-15-27(33-18-24(20)31(40-3)9-13-41-14-10-31)36-25-7-6-22(23-17-35-30(39)29(23)25)26-19-34-28-16-21(32)8-12-38(26)28/h6-8,12,15-16,18-19H,4-5,9-11,13-14,17H2,1-3H3,(H,33,36)(H,35,39). The SMILES string of the molecule is COC1(c2cnc(Nc3ccc(-c4cnc5cc(Cl)ccn45)c4c3C(=O)NC4)cc2CCCN(C)C)CCOCC1. The van der Waals surface area contributed by atoms with Crippen LogP contribution in [0.1, 0.15) is 46.3 Å². The van der Waals surface area contributed by atoms with E-state index in [9.17, 15) is 4.79 Å². The first-order valence-corrected chi connectivity index (χ1v) is 14.4. The summed E-state index contributed by atoms with van der Waals surface area (Å²) in [6.07, 6.45) is 9.16. The summed E-state index contributed by atoms with van der Waals surface area (Å²) in [7, 11) is 5.96. The number of pyridine rings is 2. The van der Waals surface area contributed by atoms with Crippen LogP contribution in [0.4, 0.5) is 11.5 Å². The van der Waals surface area contributed by atoms with Gasteiger partial charge in [-0.05, 0) is 62.8 Å². The minimum absolute atomic E-state index is 0.107. The van der Waals surface area contributed by atoms with E-state index in [1.807, 2.05) is 47.3 Å². The van der Waals surface area contributed by atoms with Crippen molar-refractivity contribution >= 4 is 34.7 Å². The van der Waals surface area contributed by atoms with Crippen molar-refractivity contribution in [1.82, 2.24) is 24.6 Å². The van der Waals surface area contributed by atoms with E-state index in [0.29, 0.717) is 36.2 Å². The number of hydrogen-bond donors (Lipinski definition) is 2. The Labute approximate surface area is 244 Å². The molecule has 0 saturated carbocycles. The number of rotatable bonds is 9. The van der Waals surface area contributed by atoms with Crippen molar-refractivity contribution < 1.29 is 14.3 Å². The van der Waals surface area contributed by atoms with Crippen molar-refractivity contribution in [2.75, 3.05) is 46.3 Å². The molecule has 2 N–H and O–H groups in total. The van der Waals surface area contributed by atoms with Gasteiger partial charge < -0.3 is 25.0 Å². The Morgan fingerprint density at radius 1 is 1.17 bits per heavy atom. The maximum absolute atomic E-state index is 13.1. The summed E-state index contributed by atoms with van der Waals surface area (Å²) in [5.41, 5.74) is 6.82. The fraction of sp³-hybridized carbons (Fsp3) is 0.387. The largest absolute Gasteiger partial charge is 0.381 e. The van der Waals surface area contributed by atoms with E-state index in [-0.39, 0.29) is 5.91 Å². The zero-order valence-electron chi connectivity index (χ0n) is 23.7. The lowest BCUT2D eigenvalue weighted by Crippen LogP contribution is -2.36. The normalized spacial score (nSPS) is 16.3. The number of carbonyl (C=O) groups is 1. The van der Waals surface area contributed by atoms with Gasteiger partial charge in [-0.1, -0.05) is 17.7 Å². The maximum atomic E-state index is 13.1. The van der Waals surface area contributed by atoms with E-state index >= 15 is 0 Å². The summed E-state index contributed by atoms with van der Waals surface area (Å²) >= 11 is 6.17. The number of fused-ring (bicyclic) bond motifs is 2. The Kier molecular flexibility index (Phi) is 7.70. The molecule has 1 aromatic carbocycles. The molecule has 0 unspecified atom stereocenters. The quantitative estimate of drug-likeness (QED) is 0.284. The second-order valence-corrected chi connectivity index (χ2v) is 11.4. The van der Waals surface area contributed by atoms with Crippen molar-refractivity contribution in [2.45, 2.75) is 37.8 Å². The number of aromatic nitrogens is 3. The van der Waals surface area contributed by atoms with Crippen LogP contribution in [0.25, 0.3) is 16.9 Å². The molecule has 6 rings (SSSR count). The van der Waals surface area contributed by atoms with Crippen LogP contribution in [0.2, 0.25) is 5.02 Å². The summed E-state index contributed by atoms with van der Waals surface area (Å²) in [5.74, 6) is 0.593. The zero-order valence-corrected chi connectivity index (χ0v) is 24.4. The van der Waals surface area contributed by atoms with Crippen LogP contribution in [0, 0.1) is 0 Å². The molecule has 1 amide bonds. The lowest BCUT2D eigenvalue weighted by Gasteiger charge is -2.37. The van der Waals surface area contributed by atoms with Crippen molar-refractivity contribution in [3.05, 3.63) is 76.2 Å². The molecule has 4 aromatic rings. The second-order valence-electron chi connectivity index (χ2n) is 11.0. The summed E-state index contributed by atoms with van der Waals surface area (Å²) in [5, 5.41) is 7.10. The predicted octanol–water partition coefficient (Wildman–Crippen LogP) is 5.18. The first-order valence-electron chi connectivity index (χ1n) is 14.0. The second kappa shape index (κ2) is 11.4. The van der Waals surface area contributed by atoms with Crippen LogP contribution >= 0.6 is 11.6 Å². The van der Waals surface area contributed by atoms with Gasteiger partial charge in [0, 0.05) is 74.3 Å². The van der Waals surface area contributed by atoms with Gasteiger partial charge in [-0.3, -0.25) is 9.20 Å². The van der Waals surface area contributed by atoms with Crippen LogP contribution in [-0.2, 0) is 28.0 Å². The molecule has 1 fully saturated rings. The van der Waals surface area contributed by atoms with Gasteiger partial charge in [0.1, 0.15) is 11.5 Å². The zero-order chi connectivity index (χ0) is 28.6. The topological polar surface area (TPSA) is 93.0 Å². The van der Waals surface area contributed by atoms with Crippen molar-refractivity contribution in [2.24, 2.45) is 0 Å². The number of nitrogens with zero attached hydrogens (tertiary/aromatic N) is 4. The average Bonchev–Trinajstić information content (AvgIpc) is 3.57. The highest BCUT2D eigenvalue weighted by molar-refractivity contribution is 6.30. The number of amides is 1. The Balaban J connectivity index is 1.36. The first kappa shape index (κ1) is 27.7. The molecule has 2 aliphatic rings. The molecule has 9 nitrogen and oxygen atoms in total. The molecule has 0 bridgehead atoms. The predicted molar refractivity (Wildman–Crippen MR) is 160 cm³/mol. The van der Waals surface area contributed by atoms with Crippen LogP contribution < -0.4 is 10.6 Å². The number of nitrogens with one attached hydrogen (secondary N) is 2. The van der Waals surface area contributed by atoms with Crippen molar-refractivity contribution in [3.63, 3.8) is 0 Å². The summed E-state index contributed by atoms with van der Waals surface area (Å²) in [6, 6.07) is 9.75. The highest BCUT2D eigenvalue weighted by Gasteiger charge is 2.37. The molecule has 0 spiro atoms. The van der Waals surface area contributed by atoms with Gasteiger partial charge in [0.2, 0.25) is 0 Å². The van der Waals surface area contributed by atoms with E-state index in [1.165, 1.54) is 5.56 Å². The number of carbonyl (C=O) groups excluding carboxylic acids is 1. The Bertz CT molecular complexity index is 1590. The van der Waals surface area contributed by atoms with Gasteiger partial charge in [-0.15, -0.1) is 0 Å². The third kappa shape index (κ3) is 5.30. The molecule has 214 valence electrons. The molecule has 41 heavy (non-hydrogen) atoms. The Morgan fingerprint density at radius 3 is 2.78 bits per heavy atom. The smallest absolute Gasteiger partial charge is 0.254 e. The first-order chi connectivity index (χ1) is 19.9. The monoisotopic (exact) mass is 574 g/mol. The highest BCUT2D eigenvalue weighted by atomic mass is 35.5. The molecule has 3 aromatic heterocycles. The molecule has 0 aliphatic carbocycles. The fourth-order valence-electron chi connectivity index (χ4n) is 6.04. The number of halogens is 1. The van der Waals surface area contributed by atoms with Crippen LogP contribution in [0.15, 0.2) is 48.9 Å². The molecular formula is C31H35ClN6O3. The minimum Gasteiger partial charge on any atom is -0.381 e. The third-order valence-electron chi connectivity index (χ3n) is 8.20. The van der Waals surface area contributed by atoms with Crippen molar-refractivity contribution in [1.29, 1.82) is 0 Å². The van der Waals surface area contributed by atoms with Gasteiger partial charge in [0.05, 0.1) is 28.7 Å². The van der Waals surface area contributed by atoms with E-state index in [0.717, 1.165) is 65.9 Å². The number of benzene rings is 1. The van der Waals surface area contributed by atoms with E-state index in [4.69, 9.17) is 26.1 Å². The Hall–Kier alpha value is -3.50. The number of methoxy groups -OCH3 is 1. The van der Waals surface area contributed by atoms with E-state index < -0.39 is 5.60 Å². The molecule has 2 aliphatic heterocycles.